The summed E-state index contributed by atoms with van der Waals surface area (Å²) in [6.45, 7) is 0. The molecule has 6 heteroatoms. The van der Waals surface area contributed by atoms with Crippen LogP contribution < -0.4 is 4.90 Å². The Hall–Kier alpha value is -2.63. The van der Waals surface area contributed by atoms with Gasteiger partial charge in [-0.3, -0.25) is 4.79 Å². The smallest absolute Gasteiger partial charge is 0.339 e. The third kappa shape index (κ3) is 2.54. The van der Waals surface area contributed by atoms with Crippen molar-refractivity contribution in [2.75, 3.05) is 19.1 Å². The molecule has 0 radical (unpaired) electrons. The summed E-state index contributed by atoms with van der Waals surface area (Å²) in [7, 11) is 4.69. The van der Waals surface area contributed by atoms with E-state index in [1.165, 1.54) is 12.0 Å². The van der Waals surface area contributed by atoms with Gasteiger partial charge in [0.05, 0.1) is 24.7 Å². The largest absolute Gasteiger partial charge is 0.465 e. The van der Waals surface area contributed by atoms with Crippen molar-refractivity contribution in [3.05, 3.63) is 48.0 Å². The molecule has 0 aliphatic heterocycles. The molecule has 1 amide bonds. The average molecular weight is 273 g/mol. The second kappa shape index (κ2) is 5.56. The molecule has 2 rings (SSSR count). The number of aryl methyl sites for hydroxylation is 1. The van der Waals surface area contributed by atoms with E-state index in [9.17, 15) is 9.59 Å². The van der Waals surface area contributed by atoms with Crippen LogP contribution in [0.25, 0.3) is 0 Å². The van der Waals surface area contributed by atoms with E-state index in [0.29, 0.717) is 16.9 Å². The fourth-order valence-corrected chi connectivity index (χ4v) is 1.85. The van der Waals surface area contributed by atoms with Crippen molar-refractivity contribution >= 4 is 17.6 Å². The lowest BCUT2D eigenvalue weighted by atomic mass is 10.1. The SMILES string of the molecule is COC(=O)c1ccccc1N(C)C(=O)c1cn(C)cn1. The van der Waals surface area contributed by atoms with Crippen LogP contribution in [0.4, 0.5) is 5.69 Å². The fourth-order valence-electron chi connectivity index (χ4n) is 1.85. The fraction of sp³-hybridized carbons (Fsp3) is 0.214. The second-order valence-corrected chi connectivity index (χ2v) is 4.30. The quantitative estimate of drug-likeness (QED) is 0.795. The van der Waals surface area contributed by atoms with Crippen LogP contribution in [0, 0.1) is 0 Å². The Bertz CT molecular complexity index is 649. The highest BCUT2D eigenvalue weighted by molar-refractivity contribution is 6.08. The summed E-state index contributed by atoms with van der Waals surface area (Å²) in [4.78, 5) is 29.4. The number of rotatable bonds is 3. The summed E-state index contributed by atoms with van der Waals surface area (Å²) in [6.07, 6.45) is 3.17. The molecule has 20 heavy (non-hydrogen) atoms. The number of carbonyl (C=O) groups excluding carboxylic acids is 2. The lowest BCUT2D eigenvalue weighted by molar-refractivity contribution is 0.0601. The molecular formula is C14H15N3O3. The van der Waals surface area contributed by atoms with Gasteiger partial charge in [-0.25, -0.2) is 9.78 Å². The van der Waals surface area contributed by atoms with Gasteiger partial charge in [-0.05, 0) is 12.1 Å². The normalized spacial score (nSPS) is 10.2. The van der Waals surface area contributed by atoms with Gasteiger partial charge in [0, 0.05) is 20.3 Å². The predicted octanol–water partition coefficient (Wildman–Crippen LogP) is 1.48. The minimum Gasteiger partial charge on any atom is -0.465 e. The third-order valence-electron chi connectivity index (χ3n) is 2.90. The molecular weight excluding hydrogens is 258 g/mol. The van der Waals surface area contributed by atoms with Gasteiger partial charge in [-0.1, -0.05) is 12.1 Å². The summed E-state index contributed by atoms with van der Waals surface area (Å²) < 4.78 is 6.41. The Labute approximate surface area is 116 Å². The van der Waals surface area contributed by atoms with Crippen LogP contribution in [-0.4, -0.2) is 35.6 Å². The molecule has 6 nitrogen and oxygen atoms in total. The Kier molecular flexibility index (Phi) is 3.84. The van der Waals surface area contributed by atoms with Gasteiger partial charge in [-0.2, -0.15) is 0 Å². The minimum atomic E-state index is -0.485. The van der Waals surface area contributed by atoms with Gasteiger partial charge >= 0.3 is 5.97 Å². The number of anilines is 1. The first-order valence-electron chi connectivity index (χ1n) is 5.98. The Morgan fingerprint density at radius 1 is 1.30 bits per heavy atom. The molecule has 0 aliphatic rings. The van der Waals surface area contributed by atoms with Crippen LogP contribution in [0.3, 0.4) is 0 Å². The molecule has 0 unspecified atom stereocenters. The molecule has 104 valence electrons. The minimum absolute atomic E-state index is 0.290. The Morgan fingerprint density at radius 3 is 2.60 bits per heavy atom. The van der Waals surface area contributed by atoms with Crippen LogP contribution in [0.2, 0.25) is 0 Å². The molecule has 0 fully saturated rings. The van der Waals surface area contributed by atoms with Crippen molar-refractivity contribution in [1.82, 2.24) is 9.55 Å². The van der Waals surface area contributed by atoms with Crippen LogP contribution in [0.15, 0.2) is 36.8 Å². The number of benzene rings is 1. The van der Waals surface area contributed by atoms with Gasteiger partial charge in [0.2, 0.25) is 0 Å². The van der Waals surface area contributed by atoms with Crippen molar-refractivity contribution < 1.29 is 14.3 Å². The van der Waals surface area contributed by atoms with E-state index >= 15 is 0 Å². The molecule has 1 heterocycles. The summed E-state index contributed by atoms with van der Waals surface area (Å²) in [5.41, 5.74) is 1.13. The van der Waals surface area contributed by atoms with E-state index < -0.39 is 5.97 Å². The highest BCUT2D eigenvalue weighted by atomic mass is 16.5. The summed E-state index contributed by atoms with van der Waals surface area (Å²) in [5.74, 6) is -0.775. The van der Waals surface area contributed by atoms with E-state index in [0.717, 1.165) is 0 Å². The molecule has 0 aliphatic carbocycles. The summed E-state index contributed by atoms with van der Waals surface area (Å²) in [5, 5.41) is 0. The number of nitrogens with zero attached hydrogens (tertiary/aromatic N) is 3. The van der Waals surface area contributed by atoms with Crippen molar-refractivity contribution in [1.29, 1.82) is 0 Å². The lowest BCUT2D eigenvalue weighted by Gasteiger charge is -2.18. The first kappa shape index (κ1) is 13.8. The standard InChI is InChI=1S/C14H15N3O3/c1-16-8-11(15-9-16)13(18)17(2)12-7-5-4-6-10(12)14(19)20-3/h4-9H,1-3H3. The molecule has 0 spiro atoms. The van der Waals surface area contributed by atoms with E-state index in [-0.39, 0.29) is 5.91 Å². The molecule has 1 aromatic heterocycles. The van der Waals surface area contributed by atoms with Crippen LogP contribution in [0.1, 0.15) is 20.8 Å². The van der Waals surface area contributed by atoms with E-state index in [2.05, 4.69) is 4.98 Å². The molecule has 2 aromatic rings. The number of imidazole rings is 1. The number of carbonyl (C=O) groups is 2. The summed E-state index contributed by atoms with van der Waals surface area (Å²) >= 11 is 0. The number of hydrogen-bond acceptors (Lipinski definition) is 4. The Balaban J connectivity index is 2.36. The summed E-state index contributed by atoms with van der Waals surface area (Å²) in [6, 6.07) is 6.77. The number of para-hydroxylation sites is 1. The first-order chi connectivity index (χ1) is 9.54. The van der Waals surface area contributed by atoms with Gasteiger partial charge in [0.15, 0.2) is 0 Å². The monoisotopic (exact) mass is 273 g/mol. The van der Waals surface area contributed by atoms with Gasteiger partial charge < -0.3 is 14.2 Å². The first-order valence-corrected chi connectivity index (χ1v) is 5.98. The molecule has 1 aromatic carbocycles. The highest BCUT2D eigenvalue weighted by Crippen LogP contribution is 2.21. The van der Waals surface area contributed by atoms with Gasteiger partial charge in [-0.15, -0.1) is 0 Å². The maximum absolute atomic E-state index is 12.3. The van der Waals surface area contributed by atoms with Gasteiger partial charge in [0.1, 0.15) is 5.69 Å². The van der Waals surface area contributed by atoms with Crippen LogP contribution >= 0.6 is 0 Å². The zero-order valence-corrected chi connectivity index (χ0v) is 11.5. The maximum atomic E-state index is 12.3. The Morgan fingerprint density at radius 2 is 2.00 bits per heavy atom. The van der Waals surface area contributed by atoms with E-state index in [1.54, 1.807) is 55.5 Å². The number of methoxy groups -OCH3 is 1. The molecule has 0 atom stereocenters. The molecule has 0 saturated carbocycles. The third-order valence-corrected chi connectivity index (χ3v) is 2.90. The van der Waals surface area contributed by atoms with Gasteiger partial charge in [0.25, 0.3) is 5.91 Å². The van der Waals surface area contributed by atoms with E-state index in [4.69, 9.17) is 4.74 Å². The zero-order chi connectivity index (χ0) is 14.7. The maximum Gasteiger partial charge on any atom is 0.339 e. The number of ether oxygens (including phenoxy) is 1. The highest BCUT2D eigenvalue weighted by Gasteiger charge is 2.21. The topological polar surface area (TPSA) is 64.4 Å². The molecule has 0 bridgehead atoms. The molecule has 0 N–H and O–H groups in total. The van der Waals surface area contributed by atoms with Crippen molar-refractivity contribution in [3.63, 3.8) is 0 Å². The molecule has 0 saturated heterocycles. The average Bonchev–Trinajstić information content (AvgIpc) is 2.91. The van der Waals surface area contributed by atoms with E-state index in [1.807, 2.05) is 0 Å². The lowest BCUT2D eigenvalue weighted by Crippen LogP contribution is -2.28. The van der Waals surface area contributed by atoms with Crippen molar-refractivity contribution in [2.45, 2.75) is 0 Å². The predicted molar refractivity (Wildman–Crippen MR) is 73.7 cm³/mol. The number of amides is 1. The number of esters is 1. The number of aromatic nitrogens is 2. The van der Waals surface area contributed by atoms with Crippen LogP contribution in [-0.2, 0) is 11.8 Å². The van der Waals surface area contributed by atoms with Crippen molar-refractivity contribution in [3.8, 4) is 0 Å². The zero-order valence-electron chi connectivity index (χ0n) is 11.5. The van der Waals surface area contributed by atoms with Crippen LogP contribution in [0.5, 0.6) is 0 Å². The van der Waals surface area contributed by atoms with Crippen molar-refractivity contribution in [2.24, 2.45) is 7.05 Å². The second-order valence-electron chi connectivity index (χ2n) is 4.30. The number of hydrogen-bond donors (Lipinski definition) is 0.